The molecule has 0 amide bonds. The van der Waals surface area contributed by atoms with Crippen molar-refractivity contribution in [2.45, 2.75) is 56.0 Å². The lowest BCUT2D eigenvalue weighted by molar-refractivity contribution is -0.689. The maximum absolute atomic E-state index is 14.2. The zero-order valence-electron chi connectivity index (χ0n) is 37.6. The van der Waals surface area contributed by atoms with E-state index in [1.807, 2.05) is 60.9 Å². The highest BCUT2D eigenvalue weighted by Crippen LogP contribution is 2.41. The summed E-state index contributed by atoms with van der Waals surface area (Å²) in [4.78, 5) is 4.23. The summed E-state index contributed by atoms with van der Waals surface area (Å²) in [5.41, 5.74) is -29.0. The largest absolute Gasteiger partial charge is 0.434 e. The fraction of sp³-hybridized carbons (Fsp3) is 0.184. The lowest BCUT2D eigenvalue weighted by Gasteiger charge is -2.46. The van der Waals surface area contributed by atoms with E-state index in [0.717, 1.165) is 12.3 Å². The maximum atomic E-state index is 14.2. The number of hydrogen-bond acceptors (Lipinski definition) is 2. The average Bonchev–Trinajstić information content (AvgIpc) is 3.30. The first-order chi connectivity index (χ1) is 35.2. The van der Waals surface area contributed by atoms with E-state index in [9.17, 15) is 105 Å². The van der Waals surface area contributed by atoms with Gasteiger partial charge < -0.3 is 4.74 Å². The van der Waals surface area contributed by atoms with Gasteiger partial charge in [0, 0.05) is 5.56 Å². The fourth-order valence-corrected chi connectivity index (χ4v) is 8.04. The van der Waals surface area contributed by atoms with Gasteiger partial charge in [0.2, 0.25) is 6.20 Å². The molecule has 6 aromatic carbocycles. The third-order valence-corrected chi connectivity index (χ3v) is 11.3. The molecule has 28 heteroatoms. The van der Waals surface area contributed by atoms with E-state index in [-0.39, 0.29) is 0 Å². The Bertz CT molecular complexity index is 2700. The van der Waals surface area contributed by atoms with Crippen LogP contribution in [0.3, 0.4) is 0 Å². The van der Waals surface area contributed by atoms with Crippen molar-refractivity contribution in [1.29, 1.82) is 0 Å². The van der Waals surface area contributed by atoms with E-state index in [1.165, 1.54) is 5.56 Å². The molecule has 7 rings (SSSR count). The van der Waals surface area contributed by atoms with Crippen molar-refractivity contribution in [2.24, 2.45) is 0 Å². The van der Waals surface area contributed by atoms with E-state index >= 15 is 0 Å². The zero-order valence-corrected chi connectivity index (χ0v) is 37.6. The van der Waals surface area contributed by atoms with Crippen LogP contribution >= 0.6 is 0 Å². The van der Waals surface area contributed by atoms with Gasteiger partial charge >= 0.3 is 49.4 Å². The van der Waals surface area contributed by atoms with E-state index in [1.54, 1.807) is 6.20 Å². The van der Waals surface area contributed by atoms with Crippen molar-refractivity contribution in [2.75, 3.05) is 0 Å². The van der Waals surface area contributed by atoms with Gasteiger partial charge in [-0.05, 0) is 36.4 Å². The fourth-order valence-electron chi connectivity index (χ4n) is 8.04. The number of hydrogen-bond donors (Lipinski definition) is 0. The molecule has 0 bridgehead atoms. The quantitative estimate of drug-likeness (QED) is 0.0861. The van der Waals surface area contributed by atoms with Crippen LogP contribution < -0.4 is 31.2 Å². The van der Waals surface area contributed by atoms with Gasteiger partial charge in [-0.3, -0.25) is 0 Å². The smallest absolute Gasteiger partial charge is 0.416 e. The van der Waals surface area contributed by atoms with Crippen LogP contribution in [-0.2, 0) is 56.0 Å². The molecule has 77 heavy (non-hydrogen) atoms. The van der Waals surface area contributed by atoms with Crippen LogP contribution in [-0.4, -0.2) is 11.1 Å². The summed E-state index contributed by atoms with van der Waals surface area (Å²) in [6.07, 6.45) is -49.2. The molecule has 0 aliphatic carbocycles. The van der Waals surface area contributed by atoms with Crippen LogP contribution in [0.1, 0.15) is 50.1 Å². The van der Waals surface area contributed by atoms with Crippen molar-refractivity contribution in [1.82, 2.24) is 4.98 Å². The second kappa shape index (κ2) is 20.8. The Morgan fingerprint density at radius 3 is 0.870 bits per heavy atom. The third-order valence-electron chi connectivity index (χ3n) is 11.3. The SMILES string of the molecule is FC(F)(F)c1cc([B-](c2cc(C(F)(F)F)cc(C(F)(F)F)c2)(c2cc(C(F)(F)F)cc(C(F)(F)F)c2)c2cc(C(F)(F)F)cc(C(F)(F)F)c2)cc(C(F)(F)F)c1.c1ccc(C[n+]2ccnc(Oc3ccccc3)c2)cc1. The number of rotatable bonds is 8. The second-order valence-corrected chi connectivity index (χ2v) is 16.7. The molecule has 410 valence electrons. The highest BCUT2D eigenvalue weighted by molar-refractivity contribution is 7.20. The topological polar surface area (TPSA) is 26.0 Å². The molecular formula is C49H27BF24N2O. The van der Waals surface area contributed by atoms with Crippen molar-refractivity contribution >= 4 is 28.0 Å². The molecule has 0 spiro atoms. The molecule has 3 nitrogen and oxygen atoms in total. The van der Waals surface area contributed by atoms with Crippen molar-refractivity contribution < 1.29 is 115 Å². The molecule has 0 radical (unpaired) electrons. The van der Waals surface area contributed by atoms with Gasteiger partial charge in [0.25, 0.3) is 5.88 Å². The summed E-state index contributed by atoms with van der Waals surface area (Å²) in [5.74, 6) is 1.38. The molecule has 7 aromatic rings. The number of halogens is 24. The molecular weight excluding hydrogens is 1100 g/mol. The molecule has 0 aliphatic heterocycles. The third kappa shape index (κ3) is 14.2. The Labute approximate surface area is 416 Å². The molecule has 1 heterocycles. The van der Waals surface area contributed by atoms with Gasteiger partial charge in [0.1, 0.15) is 11.9 Å². The van der Waals surface area contributed by atoms with E-state index in [0.29, 0.717) is 5.88 Å². The van der Waals surface area contributed by atoms with Gasteiger partial charge in [-0.15, -0.1) is 0 Å². The first-order valence-electron chi connectivity index (χ1n) is 21.1. The normalized spacial score (nSPS) is 13.2. The van der Waals surface area contributed by atoms with Gasteiger partial charge in [0.15, 0.2) is 12.7 Å². The number of nitrogens with zero attached hydrogens (tertiary/aromatic N) is 2. The van der Waals surface area contributed by atoms with Crippen LogP contribution in [0.2, 0.25) is 0 Å². The minimum atomic E-state index is -6.13. The van der Waals surface area contributed by atoms with E-state index < -0.39 is 195 Å². The van der Waals surface area contributed by atoms with Gasteiger partial charge in [-0.1, -0.05) is 97.1 Å². The Kier molecular flexibility index (Phi) is 15.9. The van der Waals surface area contributed by atoms with Crippen LogP contribution in [0.4, 0.5) is 105 Å². The maximum Gasteiger partial charge on any atom is 0.416 e. The molecule has 0 N–H and O–H groups in total. The molecule has 0 unspecified atom stereocenters. The van der Waals surface area contributed by atoms with Crippen LogP contribution in [0, 0.1) is 0 Å². The summed E-state index contributed by atoms with van der Waals surface area (Å²) in [6.45, 7) is 0.800. The Balaban J connectivity index is 0.000000397. The lowest BCUT2D eigenvalue weighted by atomic mass is 9.12. The van der Waals surface area contributed by atoms with Crippen LogP contribution in [0.25, 0.3) is 0 Å². The molecule has 0 saturated carbocycles. The van der Waals surface area contributed by atoms with Crippen molar-refractivity contribution in [3.63, 3.8) is 0 Å². The van der Waals surface area contributed by atoms with Crippen LogP contribution in [0.5, 0.6) is 11.6 Å². The lowest BCUT2D eigenvalue weighted by Crippen LogP contribution is -2.75. The summed E-state index contributed by atoms with van der Waals surface area (Å²) in [5, 5.41) is 0. The molecule has 0 atom stereocenters. The Hall–Kier alpha value is -7.42. The summed E-state index contributed by atoms with van der Waals surface area (Å²) in [6, 6.07) is 11.2. The summed E-state index contributed by atoms with van der Waals surface area (Å²) < 4.78 is 349. The van der Waals surface area contributed by atoms with Crippen LogP contribution in [0.15, 0.2) is 152 Å². The number of ether oxygens (including phenoxy) is 1. The number of alkyl halides is 24. The highest BCUT2D eigenvalue weighted by atomic mass is 19.4. The van der Waals surface area contributed by atoms with Gasteiger partial charge in [-0.2, -0.15) is 132 Å². The number of aromatic nitrogens is 2. The minimum Gasteiger partial charge on any atom is -0.434 e. The van der Waals surface area contributed by atoms with E-state index in [4.69, 9.17) is 4.74 Å². The molecule has 0 fully saturated rings. The first-order valence-corrected chi connectivity index (χ1v) is 21.1. The number of benzene rings is 6. The minimum absolute atomic E-state index is 0.592. The van der Waals surface area contributed by atoms with Crippen molar-refractivity contribution in [3.8, 4) is 11.6 Å². The average molecular weight is 1130 g/mol. The Morgan fingerprint density at radius 2 is 0.610 bits per heavy atom. The molecule has 0 saturated heterocycles. The highest BCUT2D eigenvalue weighted by Gasteiger charge is 2.47. The first kappa shape index (κ1) is 58.8. The number of para-hydroxylation sites is 1. The van der Waals surface area contributed by atoms with Gasteiger partial charge in [-0.25, -0.2) is 4.98 Å². The molecule has 1 aromatic heterocycles. The standard InChI is InChI=1S/C32H12BF24.C17H15N2O/c34-25(35,36)13-1-14(26(37,38)39)6-21(5-13)33(22-7-15(27(40,41)42)2-16(8-22)28(43,44)45,23-9-17(29(46,47)48)3-18(10-23)30(49,50)51)24-11-19(31(52,53)54)4-20(12-24)32(55,56)57;1-3-7-15(8-4-1)13-19-12-11-18-17(14-19)20-16-9-5-2-6-10-16/h1-12H;1-12,14H,13H2/q-1;+1. The van der Waals surface area contributed by atoms with E-state index in [2.05, 4.69) is 21.7 Å². The Morgan fingerprint density at radius 1 is 0.351 bits per heavy atom. The van der Waals surface area contributed by atoms with Gasteiger partial charge in [0.05, 0.1) is 50.7 Å². The zero-order chi connectivity index (χ0) is 57.5. The molecule has 0 aliphatic rings. The monoisotopic (exact) mass is 1130 g/mol. The summed E-state index contributed by atoms with van der Waals surface area (Å²) >= 11 is 0. The predicted molar refractivity (Wildman–Crippen MR) is 227 cm³/mol. The second-order valence-electron chi connectivity index (χ2n) is 16.7. The summed E-state index contributed by atoms with van der Waals surface area (Å²) in [7, 11) is 0. The van der Waals surface area contributed by atoms with Crippen molar-refractivity contribution in [3.05, 3.63) is 202 Å². The predicted octanol–water partition coefficient (Wildman–Crippen LogP) is 14.4.